The fourth-order valence-corrected chi connectivity index (χ4v) is 2.74. The monoisotopic (exact) mass is 296 g/mol. The number of carbonyl (C=O) groups is 1. The van der Waals surface area contributed by atoms with Crippen LogP contribution in [0.3, 0.4) is 0 Å². The van der Waals surface area contributed by atoms with E-state index in [1.54, 1.807) is 0 Å². The molecular weight excluding hydrogens is 276 g/mol. The first-order chi connectivity index (χ1) is 9.57. The normalized spacial score (nSPS) is 18.1. The van der Waals surface area contributed by atoms with Gasteiger partial charge in [0.15, 0.2) is 0 Å². The van der Waals surface area contributed by atoms with Crippen LogP contribution in [0.1, 0.15) is 24.8 Å². The van der Waals surface area contributed by atoms with Crippen LogP contribution < -0.4 is 11.1 Å². The highest BCUT2D eigenvalue weighted by molar-refractivity contribution is 6.30. The lowest BCUT2D eigenvalue weighted by Gasteiger charge is -2.42. The Labute approximate surface area is 124 Å². The minimum atomic E-state index is -0.609. The second-order valence-electron chi connectivity index (χ2n) is 5.42. The third-order valence-electron chi connectivity index (χ3n) is 4.05. The Morgan fingerprint density at radius 1 is 1.45 bits per heavy atom. The molecule has 5 heteroatoms. The Balaban J connectivity index is 1.98. The average molecular weight is 297 g/mol. The number of benzene rings is 1. The lowest BCUT2D eigenvalue weighted by atomic mass is 9.64. The van der Waals surface area contributed by atoms with Crippen LogP contribution in [0.4, 0.5) is 0 Å². The van der Waals surface area contributed by atoms with E-state index in [2.05, 4.69) is 5.32 Å². The SMILES string of the molecule is COCC(N)C(=O)NCC1(c2ccc(Cl)cc2)CCC1. The van der Waals surface area contributed by atoms with Crippen LogP contribution in [-0.2, 0) is 14.9 Å². The van der Waals surface area contributed by atoms with Gasteiger partial charge in [-0.1, -0.05) is 30.2 Å². The molecule has 0 radical (unpaired) electrons. The van der Waals surface area contributed by atoms with Gasteiger partial charge in [-0.15, -0.1) is 0 Å². The molecule has 0 heterocycles. The Kier molecular flexibility index (Phi) is 5.02. The highest BCUT2D eigenvalue weighted by Gasteiger charge is 2.39. The van der Waals surface area contributed by atoms with Crippen LogP contribution in [0.2, 0.25) is 5.02 Å². The van der Waals surface area contributed by atoms with Gasteiger partial charge < -0.3 is 15.8 Å². The molecule has 20 heavy (non-hydrogen) atoms. The number of methoxy groups -OCH3 is 1. The van der Waals surface area contributed by atoms with E-state index in [9.17, 15) is 4.79 Å². The van der Waals surface area contributed by atoms with Crippen LogP contribution in [0.15, 0.2) is 24.3 Å². The largest absolute Gasteiger partial charge is 0.383 e. The number of amides is 1. The van der Waals surface area contributed by atoms with Crippen molar-refractivity contribution in [3.05, 3.63) is 34.9 Å². The third kappa shape index (κ3) is 3.32. The number of hydrogen-bond acceptors (Lipinski definition) is 3. The van der Waals surface area contributed by atoms with Gasteiger partial charge in [0.25, 0.3) is 0 Å². The van der Waals surface area contributed by atoms with Crippen molar-refractivity contribution < 1.29 is 9.53 Å². The Bertz CT molecular complexity index is 457. The third-order valence-corrected chi connectivity index (χ3v) is 4.30. The molecule has 0 bridgehead atoms. The van der Waals surface area contributed by atoms with Crippen LogP contribution in [0.5, 0.6) is 0 Å². The molecule has 0 saturated heterocycles. The standard InChI is InChI=1S/C15H21ClN2O2/c1-20-9-13(17)14(19)18-10-15(7-2-8-15)11-3-5-12(16)6-4-11/h3-6,13H,2,7-10,17H2,1H3,(H,18,19). The zero-order chi connectivity index (χ0) is 14.6. The van der Waals surface area contributed by atoms with Crippen molar-refractivity contribution in [2.45, 2.75) is 30.7 Å². The second kappa shape index (κ2) is 6.57. The van der Waals surface area contributed by atoms with Gasteiger partial charge >= 0.3 is 0 Å². The smallest absolute Gasteiger partial charge is 0.239 e. The molecule has 0 spiro atoms. The predicted octanol–water partition coefficient (Wildman–Crippen LogP) is 1.85. The molecule has 1 aliphatic carbocycles. The average Bonchev–Trinajstić information content (AvgIpc) is 2.39. The summed E-state index contributed by atoms with van der Waals surface area (Å²) >= 11 is 5.93. The first kappa shape index (κ1) is 15.3. The van der Waals surface area contributed by atoms with Gasteiger partial charge in [-0.25, -0.2) is 0 Å². The molecular formula is C15H21ClN2O2. The van der Waals surface area contributed by atoms with Crippen molar-refractivity contribution in [2.75, 3.05) is 20.3 Å². The van der Waals surface area contributed by atoms with Crippen LogP contribution in [-0.4, -0.2) is 32.2 Å². The summed E-state index contributed by atoms with van der Waals surface area (Å²) in [6.45, 7) is 0.852. The van der Waals surface area contributed by atoms with Gasteiger partial charge in [-0.3, -0.25) is 4.79 Å². The van der Waals surface area contributed by atoms with Gasteiger partial charge in [0.05, 0.1) is 6.61 Å². The van der Waals surface area contributed by atoms with Crippen molar-refractivity contribution in [2.24, 2.45) is 5.73 Å². The molecule has 2 rings (SSSR count). The topological polar surface area (TPSA) is 64.3 Å². The Morgan fingerprint density at radius 3 is 2.60 bits per heavy atom. The quantitative estimate of drug-likeness (QED) is 0.842. The Hall–Kier alpha value is -1.10. The number of ether oxygens (including phenoxy) is 1. The maximum absolute atomic E-state index is 11.9. The van der Waals surface area contributed by atoms with E-state index in [4.69, 9.17) is 22.1 Å². The minimum Gasteiger partial charge on any atom is -0.383 e. The van der Waals surface area contributed by atoms with Crippen LogP contribution in [0, 0.1) is 0 Å². The van der Waals surface area contributed by atoms with E-state index in [0.717, 1.165) is 17.9 Å². The number of nitrogens with one attached hydrogen (secondary N) is 1. The minimum absolute atomic E-state index is 0.0348. The number of halogens is 1. The molecule has 4 nitrogen and oxygen atoms in total. The lowest BCUT2D eigenvalue weighted by molar-refractivity contribution is -0.123. The summed E-state index contributed by atoms with van der Waals surface area (Å²) in [5, 5.41) is 3.68. The molecule has 1 saturated carbocycles. The zero-order valence-electron chi connectivity index (χ0n) is 11.7. The summed E-state index contributed by atoms with van der Waals surface area (Å²) in [5.74, 6) is -0.160. The fraction of sp³-hybridized carbons (Fsp3) is 0.533. The van der Waals surface area contributed by atoms with Gasteiger partial charge in [0.1, 0.15) is 6.04 Å². The van der Waals surface area contributed by atoms with Crippen molar-refractivity contribution in [3.63, 3.8) is 0 Å². The van der Waals surface area contributed by atoms with Gasteiger partial charge in [0.2, 0.25) is 5.91 Å². The van der Waals surface area contributed by atoms with Crippen molar-refractivity contribution >= 4 is 17.5 Å². The molecule has 1 atom stereocenters. The van der Waals surface area contributed by atoms with Crippen molar-refractivity contribution in [1.29, 1.82) is 0 Å². The van der Waals surface area contributed by atoms with Gasteiger partial charge in [0, 0.05) is 24.1 Å². The summed E-state index contributed by atoms with van der Waals surface area (Å²) in [4.78, 5) is 11.9. The van der Waals surface area contributed by atoms with Gasteiger partial charge in [-0.05, 0) is 30.5 Å². The van der Waals surface area contributed by atoms with Crippen LogP contribution >= 0.6 is 11.6 Å². The fourth-order valence-electron chi connectivity index (χ4n) is 2.62. The molecule has 0 aliphatic heterocycles. The number of rotatable bonds is 6. The molecule has 1 aromatic carbocycles. The lowest BCUT2D eigenvalue weighted by Crippen LogP contribution is -2.50. The highest BCUT2D eigenvalue weighted by atomic mass is 35.5. The first-order valence-corrected chi connectivity index (χ1v) is 7.23. The molecule has 3 N–H and O–H groups in total. The molecule has 1 unspecified atom stereocenters. The molecule has 110 valence electrons. The van der Waals surface area contributed by atoms with Crippen molar-refractivity contribution in [3.8, 4) is 0 Å². The molecule has 1 aliphatic rings. The molecule has 1 aromatic rings. The molecule has 1 fully saturated rings. The Morgan fingerprint density at radius 2 is 2.10 bits per heavy atom. The summed E-state index contributed by atoms with van der Waals surface area (Å²) < 4.78 is 4.89. The maximum atomic E-state index is 11.9. The number of hydrogen-bond donors (Lipinski definition) is 2. The van der Waals surface area contributed by atoms with E-state index in [0.29, 0.717) is 6.54 Å². The highest BCUT2D eigenvalue weighted by Crippen LogP contribution is 2.43. The van der Waals surface area contributed by atoms with E-state index >= 15 is 0 Å². The summed E-state index contributed by atoms with van der Waals surface area (Å²) in [6, 6.07) is 7.28. The predicted molar refractivity (Wildman–Crippen MR) is 79.8 cm³/mol. The molecule has 0 aromatic heterocycles. The van der Waals surface area contributed by atoms with E-state index < -0.39 is 6.04 Å². The molecule has 1 amide bonds. The first-order valence-electron chi connectivity index (χ1n) is 6.86. The summed E-state index contributed by atoms with van der Waals surface area (Å²) in [5.41, 5.74) is 6.99. The van der Waals surface area contributed by atoms with Gasteiger partial charge in [-0.2, -0.15) is 0 Å². The van der Waals surface area contributed by atoms with E-state index in [1.807, 2.05) is 24.3 Å². The number of carbonyl (C=O) groups excluding carboxylic acids is 1. The number of nitrogens with two attached hydrogens (primary N) is 1. The summed E-state index contributed by atoms with van der Waals surface area (Å²) in [6.07, 6.45) is 3.34. The maximum Gasteiger partial charge on any atom is 0.239 e. The second-order valence-corrected chi connectivity index (χ2v) is 5.86. The van der Waals surface area contributed by atoms with E-state index in [1.165, 1.54) is 19.1 Å². The van der Waals surface area contributed by atoms with Crippen molar-refractivity contribution in [1.82, 2.24) is 5.32 Å². The van der Waals surface area contributed by atoms with Crippen LogP contribution in [0.25, 0.3) is 0 Å². The summed E-state index contributed by atoms with van der Waals surface area (Å²) in [7, 11) is 1.54. The zero-order valence-corrected chi connectivity index (χ0v) is 12.5. The van der Waals surface area contributed by atoms with E-state index in [-0.39, 0.29) is 17.9 Å².